The van der Waals surface area contributed by atoms with Crippen LogP contribution in [-0.2, 0) is 25.7 Å². The van der Waals surface area contributed by atoms with Crippen LogP contribution in [-0.4, -0.2) is 9.38 Å². The molecule has 0 spiro atoms. The zero-order valence-electron chi connectivity index (χ0n) is 11.2. The van der Waals surface area contributed by atoms with Crippen molar-refractivity contribution in [2.75, 3.05) is 0 Å². The molecule has 0 amide bonds. The van der Waals surface area contributed by atoms with Crippen LogP contribution in [0.2, 0.25) is 0 Å². The molecule has 3 heteroatoms. The first kappa shape index (κ1) is 11.0. The molecular weight excluding hydrogens is 240 g/mol. The molecule has 96 valence electrons. The maximum absolute atomic E-state index is 4.89. The van der Waals surface area contributed by atoms with Crippen LogP contribution < -0.4 is 0 Å². The Hall–Kier alpha value is -0.830. The lowest BCUT2D eigenvalue weighted by molar-refractivity contribution is 0.337. The van der Waals surface area contributed by atoms with Gasteiger partial charge in [-0.15, -0.1) is 11.3 Å². The third-order valence-electron chi connectivity index (χ3n) is 4.80. The van der Waals surface area contributed by atoms with E-state index in [4.69, 9.17) is 4.98 Å². The number of hydrogen-bond acceptors (Lipinski definition) is 2. The lowest BCUT2D eigenvalue weighted by Gasteiger charge is -2.25. The Labute approximate surface area is 112 Å². The second-order valence-electron chi connectivity index (χ2n) is 6.20. The number of aromatic nitrogens is 2. The van der Waals surface area contributed by atoms with E-state index < -0.39 is 0 Å². The highest BCUT2D eigenvalue weighted by Crippen LogP contribution is 2.37. The molecule has 2 aliphatic rings. The highest BCUT2D eigenvalue weighted by Gasteiger charge is 2.29. The molecule has 0 saturated carbocycles. The van der Waals surface area contributed by atoms with E-state index in [9.17, 15) is 0 Å². The predicted octanol–water partition coefficient (Wildman–Crippen LogP) is 3.65. The van der Waals surface area contributed by atoms with Gasteiger partial charge in [0.15, 0.2) is 4.96 Å². The maximum atomic E-state index is 4.89. The Kier molecular flexibility index (Phi) is 2.35. The number of nitrogens with zero attached hydrogens (tertiary/aromatic N) is 2. The molecule has 2 heterocycles. The summed E-state index contributed by atoms with van der Waals surface area (Å²) in [4.78, 5) is 7.77. The first-order valence-corrected chi connectivity index (χ1v) is 8.06. The molecule has 0 saturated heterocycles. The van der Waals surface area contributed by atoms with Gasteiger partial charge in [-0.3, -0.25) is 4.40 Å². The summed E-state index contributed by atoms with van der Waals surface area (Å²) in [6.45, 7) is 4.73. The molecule has 0 bridgehead atoms. The maximum Gasteiger partial charge on any atom is 0.194 e. The first-order valence-electron chi connectivity index (χ1n) is 7.25. The predicted molar refractivity (Wildman–Crippen MR) is 75.4 cm³/mol. The average Bonchev–Trinajstić information content (AvgIpc) is 2.96. The van der Waals surface area contributed by atoms with Crippen molar-refractivity contribution in [3.8, 4) is 0 Å². The van der Waals surface area contributed by atoms with Crippen molar-refractivity contribution < 1.29 is 0 Å². The van der Waals surface area contributed by atoms with E-state index in [-0.39, 0.29) is 0 Å². The van der Waals surface area contributed by atoms with E-state index in [1.807, 2.05) is 11.3 Å². The highest BCUT2D eigenvalue weighted by molar-refractivity contribution is 7.17. The molecule has 0 radical (unpaired) electrons. The second-order valence-corrected chi connectivity index (χ2v) is 7.26. The molecular formula is C15H20N2S. The van der Waals surface area contributed by atoms with Crippen LogP contribution in [0.15, 0.2) is 0 Å². The second kappa shape index (κ2) is 3.83. The van der Waals surface area contributed by atoms with Crippen LogP contribution in [0, 0.1) is 11.8 Å². The van der Waals surface area contributed by atoms with Crippen LogP contribution in [0.25, 0.3) is 4.96 Å². The lowest BCUT2D eigenvalue weighted by atomic mass is 9.82. The molecule has 1 atom stereocenters. The highest BCUT2D eigenvalue weighted by atomic mass is 32.1. The number of thiazole rings is 1. The van der Waals surface area contributed by atoms with Crippen molar-refractivity contribution in [3.63, 3.8) is 0 Å². The molecule has 18 heavy (non-hydrogen) atoms. The van der Waals surface area contributed by atoms with E-state index in [2.05, 4.69) is 18.2 Å². The number of hydrogen-bond donors (Lipinski definition) is 0. The van der Waals surface area contributed by atoms with Crippen LogP contribution in [0.5, 0.6) is 0 Å². The van der Waals surface area contributed by atoms with Gasteiger partial charge in [0.25, 0.3) is 0 Å². The zero-order valence-corrected chi connectivity index (χ0v) is 12.0. The molecule has 2 nitrogen and oxygen atoms in total. The third kappa shape index (κ3) is 1.43. The van der Waals surface area contributed by atoms with Crippen molar-refractivity contribution >= 4 is 16.3 Å². The Bertz CT molecular complexity index is 606. The van der Waals surface area contributed by atoms with E-state index >= 15 is 0 Å². The van der Waals surface area contributed by atoms with Gasteiger partial charge in [0, 0.05) is 16.3 Å². The van der Waals surface area contributed by atoms with Gasteiger partial charge < -0.3 is 0 Å². The molecule has 2 aromatic rings. The Morgan fingerprint density at radius 1 is 1.22 bits per heavy atom. The van der Waals surface area contributed by atoms with Crippen molar-refractivity contribution in [2.45, 2.75) is 52.4 Å². The molecule has 2 aromatic heterocycles. The van der Waals surface area contributed by atoms with Crippen LogP contribution in [0.1, 0.15) is 48.6 Å². The van der Waals surface area contributed by atoms with Gasteiger partial charge in [-0.2, -0.15) is 0 Å². The fourth-order valence-corrected chi connectivity index (χ4v) is 4.87. The van der Waals surface area contributed by atoms with E-state index in [1.165, 1.54) is 49.2 Å². The smallest absolute Gasteiger partial charge is 0.194 e. The van der Waals surface area contributed by atoms with Crippen molar-refractivity contribution in [1.82, 2.24) is 9.38 Å². The topological polar surface area (TPSA) is 17.3 Å². The first-order chi connectivity index (χ1) is 8.74. The molecule has 1 unspecified atom stereocenters. The number of fused-ring (bicyclic) bond motifs is 5. The van der Waals surface area contributed by atoms with Crippen LogP contribution in [0.4, 0.5) is 0 Å². The fraction of sp³-hybridized carbons (Fsp3) is 0.667. The van der Waals surface area contributed by atoms with Gasteiger partial charge in [-0.05, 0) is 50.4 Å². The van der Waals surface area contributed by atoms with E-state index in [1.54, 1.807) is 16.3 Å². The van der Waals surface area contributed by atoms with Crippen molar-refractivity contribution in [3.05, 3.63) is 22.0 Å². The van der Waals surface area contributed by atoms with Crippen LogP contribution >= 0.6 is 11.3 Å². The van der Waals surface area contributed by atoms with E-state index in [0.717, 1.165) is 11.8 Å². The Balaban J connectivity index is 1.86. The number of rotatable bonds is 1. The zero-order chi connectivity index (χ0) is 12.3. The molecule has 0 fully saturated rings. The largest absolute Gasteiger partial charge is 0.291 e. The monoisotopic (exact) mass is 260 g/mol. The molecule has 0 aliphatic heterocycles. The Morgan fingerprint density at radius 2 is 2.11 bits per heavy atom. The molecule has 2 aliphatic carbocycles. The minimum absolute atomic E-state index is 0.801. The van der Waals surface area contributed by atoms with Gasteiger partial charge in [-0.1, -0.05) is 13.8 Å². The third-order valence-corrected chi connectivity index (χ3v) is 5.94. The summed E-state index contributed by atoms with van der Waals surface area (Å²) >= 11 is 1.94. The summed E-state index contributed by atoms with van der Waals surface area (Å²) < 4.78 is 2.52. The number of imidazole rings is 1. The standard InChI is InChI=1S/C15H20N2S/c1-9(2)10-6-7-11-13(8-10)17-12-4-3-5-14(12)18-15(17)16-11/h9-10H,3-8H2,1-2H3. The summed E-state index contributed by atoms with van der Waals surface area (Å²) in [5, 5.41) is 0. The van der Waals surface area contributed by atoms with Gasteiger partial charge >= 0.3 is 0 Å². The summed E-state index contributed by atoms with van der Waals surface area (Å²) in [6.07, 6.45) is 7.67. The van der Waals surface area contributed by atoms with Crippen molar-refractivity contribution in [1.29, 1.82) is 0 Å². The minimum atomic E-state index is 0.801. The fourth-order valence-electron chi connectivity index (χ4n) is 3.63. The quantitative estimate of drug-likeness (QED) is 0.765. The van der Waals surface area contributed by atoms with Crippen LogP contribution in [0.3, 0.4) is 0 Å². The van der Waals surface area contributed by atoms with E-state index in [0.29, 0.717) is 0 Å². The summed E-state index contributed by atoms with van der Waals surface area (Å²) in [5.74, 6) is 1.66. The Morgan fingerprint density at radius 3 is 2.94 bits per heavy atom. The normalized spacial score (nSPS) is 22.7. The summed E-state index contributed by atoms with van der Waals surface area (Å²) in [7, 11) is 0. The average molecular weight is 260 g/mol. The summed E-state index contributed by atoms with van der Waals surface area (Å²) in [5.41, 5.74) is 4.54. The number of aryl methyl sites for hydroxylation is 3. The lowest BCUT2D eigenvalue weighted by Crippen LogP contribution is -2.20. The molecule has 0 aromatic carbocycles. The molecule has 0 N–H and O–H groups in total. The van der Waals surface area contributed by atoms with Gasteiger partial charge in [0.2, 0.25) is 0 Å². The SMILES string of the molecule is CC(C)C1CCc2nc3sc4c(n3c2C1)CCC4. The van der Waals surface area contributed by atoms with Gasteiger partial charge in [0.05, 0.1) is 5.69 Å². The minimum Gasteiger partial charge on any atom is -0.291 e. The van der Waals surface area contributed by atoms with Gasteiger partial charge in [-0.25, -0.2) is 4.98 Å². The molecule has 4 rings (SSSR count). The summed E-state index contributed by atoms with van der Waals surface area (Å²) in [6, 6.07) is 0. The van der Waals surface area contributed by atoms with Gasteiger partial charge in [0.1, 0.15) is 0 Å². The van der Waals surface area contributed by atoms with Crippen molar-refractivity contribution in [2.24, 2.45) is 11.8 Å².